The number of nitrogens with one attached hydrogen (secondary N) is 1. The van der Waals surface area contributed by atoms with Crippen molar-refractivity contribution in [3.05, 3.63) is 0 Å². The summed E-state index contributed by atoms with van der Waals surface area (Å²) < 4.78 is 5.70. The molecule has 2 fully saturated rings. The van der Waals surface area contributed by atoms with Crippen LogP contribution in [0.1, 0.15) is 40.0 Å². The summed E-state index contributed by atoms with van der Waals surface area (Å²) in [5.41, 5.74) is 0. The van der Waals surface area contributed by atoms with Crippen molar-refractivity contribution in [2.24, 2.45) is 5.92 Å². The first-order chi connectivity index (χ1) is 8.20. The lowest BCUT2D eigenvalue weighted by molar-refractivity contribution is -0.0527. The van der Waals surface area contributed by atoms with Gasteiger partial charge in [0.2, 0.25) is 0 Å². The van der Waals surface area contributed by atoms with E-state index in [0.717, 1.165) is 25.6 Å². The van der Waals surface area contributed by atoms with Crippen molar-refractivity contribution in [1.29, 1.82) is 0 Å². The van der Waals surface area contributed by atoms with E-state index in [1.165, 1.54) is 25.8 Å². The van der Waals surface area contributed by atoms with Crippen LogP contribution in [-0.4, -0.2) is 49.3 Å². The van der Waals surface area contributed by atoms with E-state index in [2.05, 4.69) is 31.0 Å². The molecule has 0 aromatic carbocycles. The minimum atomic E-state index is 0.400. The monoisotopic (exact) mass is 240 g/mol. The molecule has 1 aliphatic heterocycles. The fourth-order valence-corrected chi connectivity index (χ4v) is 2.69. The Bertz CT molecular complexity index is 230. The molecule has 2 aliphatic rings. The molecule has 0 aromatic heterocycles. The molecule has 0 radical (unpaired) electrons. The molecule has 0 bridgehead atoms. The molecular formula is C14H28N2O. The number of morpholine rings is 1. The van der Waals surface area contributed by atoms with Gasteiger partial charge in [-0.3, -0.25) is 4.90 Å². The summed E-state index contributed by atoms with van der Waals surface area (Å²) in [7, 11) is 0. The Kier molecular flexibility index (Phi) is 4.83. The standard InChI is InChI=1S/C14H28N2O/c1-4-7-15-14(13-5-6-13)9-16-8-12(3)17-10-11(16)2/h11-15H,4-10H2,1-3H3. The SMILES string of the molecule is CCCNC(CN1CC(C)OCC1C)C1CC1. The molecule has 100 valence electrons. The molecule has 2 rings (SSSR count). The van der Waals surface area contributed by atoms with Crippen LogP contribution in [-0.2, 0) is 4.74 Å². The van der Waals surface area contributed by atoms with Gasteiger partial charge < -0.3 is 10.1 Å². The van der Waals surface area contributed by atoms with Crippen molar-refractivity contribution in [3.63, 3.8) is 0 Å². The summed E-state index contributed by atoms with van der Waals surface area (Å²) in [5, 5.41) is 3.73. The fraction of sp³-hybridized carbons (Fsp3) is 1.00. The molecule has 3 nitrogen and oxygen atoms in total. The minimum absolute atomic E-state index is 0.400. The molecule has 3 unspecified atom stereocenters. The third-order valence-corrected chi connectivity index (χ3v) is 4.02. The highest BCUT2D eigenvalue weighted by molar-refractivity contribution is 4.90. The van der Waals surface area contributed by atoms with Crippen LogP contribution < -0.4 is 5.32 Å². The summed E-state index contributed by atoms with van der Waals surface area (Å²) in [5.74, 6) is 0.937. The number of ether oxygens (including phenoxy) is 1. The summed E-state index contributed by atoms with van der Waals surface area (Å²) in [6.45, 7) is 11.1. The highest BCUT2D eigenvalue weighted by Gasteiger charge is 2.34. The van der Waals surface area contributed by atoms with Gasteiger partial charge in [-0.25, -0.2) is 0 Å². The first-order valence-electron chi connectivity index (χ1n) is 7.29. The van der Waals surface area contributed by atoms with E-state index in [1.807, 2.05) is 0 Å². The molecular weight excluding hydrogens is 212 g/mol. The van der Waals surface area contributed by atoms with Crippen molar-refractivity contribution in [2.45, 2.75) is 58.2 Å². The van der Waals surface area contributed by atoms with E-state index in [0.29, 0.717) is 18.2 Å². The zero-order valence-electron chi connectivity index (χ0n) is 11.6. The first-order valence-corrected chi connectivity index (χ1v) is 7.29. The second-order valence-electron chi connectivity index (χ2n) is 5.84. The maximum absolute atomic E-state index is 5.70. The van der Waals surface area contributed by atoms with Crippen LogP contribution in [0.4, 0.5) is 0 Å². The van der Waals surface area contributed by atoms with Gasteiger partial charge in [0.1, 0.15) is 0 Å². The predicted octanol–water partition coefficient (Wildman–Crippen LogP) is 1.87. The summed E-state index contributed by atoms with van der Waals surface area (Å²) in [4.78, 5) is 2.61. The third-order valence-electron chi connectivity index (χ3n) is 4.02. The molecule has 1 saturated carbocycles. The molecule has 0 aromatic rings. The average Bonchev–Trinajstić information content (AvgIpc) is 3.13. The Morgan fingerprint density at radius 3 is 2.76 bits per heavy atom. The van der Waals surface area contributed by atoms with Crippen LogP contribution in [0.15, 0.2) is 0 Å². The van der Waals surface area contributed by atoms with Crippen molar-refractivity contribution in [3.8, 4) is 0 Å². The van der Waals surface area contributed by atoms with Crippen molar-refractivity contribution in [2.75, 3.05) is 26.2 Å². The van der Waals surface area contributed by atoms with Gasteiger partial charge in [0.15, 0.2) is 0 Å². The lowest BCUT2D eigenvalue weighted by atomic mass is 10.1. The Labute approximate surface area is 106 Å². The molecule has 0 amide bonds. The Morgan fingerprint density at radius 2 is 2.12 bits per heavy atom. The average molecular weight is 240 g/mol. The molecule has 1 aliphatic carbocycles. The minimum Gasteiger partial charge on any atom is -0.376 e. The Morgan fingerprint density at radius 1 is 1.35 bits per heavy atom. The largest absolute Gasteiger partial charge is 0.376 e. The molecule has 1 heterocycles. The van der Waals surface area contributed by atoms with Gasteiger partial charge >= 0.3 is 0 Å². The Hall–Kier alpha value is -0.120. The maximum Gasteiger partial charge on any atom is 0.0674 e. The van der Waals surface area contributed by atoms with E-state index in [4.69, 9.17) is 4.74 Å². The molecule has 3 atom stereocenters. The Balaban J connectivity index is 1.82. The molecule has 1 saturated heterocycles. The van der Waals surface area contributed by atoms with Gasteiger partial charge in [-0.15, -0.1) is 0 Å². The number of hydrogen-bond acceptors (Lipinski definition) is 3. The van der Waals surface area contributed by atoms with E-state index in [1.54, 1.807) is 0 Å². The molecule has 17 heavy (non-hydrogen) atoms. The van der Waals surface area contributed by atoms with Crippen LogP contribution >= 0.6 is 0 Å². The zero-order valence-corrected chi connectivity index (χ0v) is 11.6. The van der Waals surface area contributed by atoms with Crippen LogP contribution in [0.25, 0.3) is 0 Å². The molecule has 3 heteroatoms. The van der Waals surface area contributed by atoms with Gasteiger partial charge in [-0.2, -0.15) is 0 Å². The summed E-state index contributed by atoms with van der Waals surface area (Å²) in [6.07, 6.45) is 4.49. The highest BCUT2D eigenvalue weighted by atomic mass is 16.5. The number of rotatable bonds is 6. The van der Waals surface area contributed by atoms with Crippen LogP contribution in [0.3, 0.4) is 0 Å². The smallest absolute Gasteiger partial charge is 0.0674 e. The molecule has 0 spiro atoms. The number of nitrogens with zero attached hydrogens (tertiary/aromatic N) is 1. The first kappa shape index (κ1) is 13.3. The summed E-state index contributed by atoms with van der Waals surface area (Å²) >= 11 is 0. The van der Waals surface area contributed by atoms with Gasteiger partial charge in [0.25, 0.3) is 0 Å². The van der Waals surface area contributed by atoms with Crippen LogP contribution in [0, 0.1) is 5.92 Å². The lowest BCUT2D eigenvalue weighted by Crippen LogP contribution is -2.52. The molecule has 1 N–H and O–H groups in total. The fourth-order valence-electron chi connectivity index (χ4n) is 2.69. The maximum atomic E-state index is 5.70. The topological polar surface area (TPSA) is 24.5 Å². The lowest BCUT2D eigenvalue weighted by Gasteiger charge is -2.39. The van der Waals surface area contributed by atoms with Gasteiger partial charge in [-0.1, -0.05) is 6.92 Å². The van der Waals surface area contributed by atoms with Crippen LogP contribution in [0.2, 0.25) is 0 Å². The summed E-state index contributed by atoms with van der Waals surface area (Å²) in [6, 6.07) is 1.29. The van der Waals surface area contributed by atoms with E-state index >= 15 is 0 Å². The highest BCUT2D eigenvalue weighted by Crippen LogP contribution is 2.33. The normalized spacial score (nSPS) is 32.6. The third kappa shape index (κ3) is 3.94. The zero-order chi connectivity index (χ0) is 12.3. The van der Waals surface area contributed by atoms with Gasteiger partial charge in [0, 0.05) is 25.2 Å². The van der Waals surface area contributed by atoms with Crippen LogP contribution in [0.5, 0.6) is 0 Å². The van der Waals surface area contributed by atoms with E-state index < -0.39 is 0 Å². The van der Waals surface area contributed by atoms with Crippen molar-refractivity contribution in [1.82, 2.24) is 10.2 Å². The van der Waals surface area contributed by atoms with E-state index in [9.17, 15) is 0 Å². The van der Waals surface area contributed by atoms with Gasteiger partial charge in [-0.05, 0) is 45.6 Å². The number of hydrogen-bond donors (Lipinski definition) is 1. The predicted molar refractivity (Wildman–Crippen MR) is 71.3 cm³/mol. The van der Waals surface area contributed by atoms with Crippen molar-refractivity contribution < 1.29 is 4.74 Å². The second kappa shape index (κ2) is 6.17. The van der Waals surface area contributed by atoms with Crippen molar-refractivity contribution >= 4 is 0 Å². The quantitative estimate of drug-likeness (QED) is 0.767. The van der Waals surface area contributed by atoms with E-state index in [-0.39, 0.29) is 0 Å². The second-order valence-corrected chi connectivity index (χ2v) is 5.84. The van der Waals surface area contributed by atoms with Gasteiger partial charge in [0.05, 0.1) is 12.7 Å².